The highest BCUT2D eigenvalue weighted by atomic mass is 32.2. The zero-order valence-corrected chi connectivity index (χ0v) is 21.0. The van der Waals surface area contributed by atoms with Gasteiger partial charge in [-0.3, -0.25) is 19.0 Å². The van der Waals surface area contributed by atoms with Gasteiger partial charge in [0.2, 0.25) is 0 Å². The summed E-state index contributed by atoms with van der Waals surface area (Å²) in [7, 11) is 0. The number of aromatic amines is 1. The van der Waals surface area contributed by atoms with Crippen LogP contribution < -0.4 is 5.56 Å². The molecular weight excluding hydrogens is 454 g/mol. The average molecular weight is 484 g/mol. The van der Waals surface area contributed by atoms with Gasteiger partial charge in [-0.15, -0.1) is 11.3 Å². The molecule has 5 rings (SSSR count). The predicted octanol–water partition coefficient (Wildman–Crippen LogP) is 5.57. The maximum absolute atomic E-state index is 13.7. The molecule has 2 aliphatic rings. The van der Waals surface area contributed by atoms with Gasteiger partial charge in [-0.25, -0.2) is 4.98 Å². The van der Waals surface area contributed by atoms with Gasteiger partial charge in [-0.1, -0.05) is 24.6 Å². The van der Waals surface area contributed by atoms with E-state index in [1.807, 2.05) is 18.4 Å². The lowest BCUT2D eigenvalue weighted by Crippen LogP contribution is -2.27. The first-order chi connectivity index (χ1) is 15.9. The van der Waals surface area contributed by atoms with Gasteiger partial charge >= 0.3 is 0 Å². The van der Waals surface area contributed by atoms with Crippen LogP contribution >= 0.6 is 23.1 Å². The van der Waals surface area contributed by atoms with Crippen molar-refractivity contribution in [2.75, 3.05) is 5.75 Å². The monoisotopic (exact) mass is 483 g/mol. The summed E-state index contributed by atoms with van der Waals surface area (Å²) in [5, 5.41) is 1.47. The van der Waals surface area contributed by atoms with E-state index < -0.39 is 0 Å². The van der Waals surface area contributed by atoms with Crippen molar-refractivity contribution in [2.45, 2.75) is 83.3 Å². The van der Waals surface area contributed by atoms with Gasteiger partial charge in [0.15, 0.2) is 16.7 Å². The number of carbonyl (C=O) groups is 2. The second kappa shape index (κ2) is 8.87. The molecule has 0 saturated heterocycles. The molecule has 3 heterocycles. The molecule has 0 radical (unpaired) electrons. The Balaban J connectivity index is 1.52. The topological polar surface area (TPSA) is 84.8 Å². The zero-order chi connectivity index (χ0) is 23.3. The third kappa shape index (κ3) is 3.91. The molecule has 8 heteroatoms. The summed E-state index contributed by atoms with van der Waals surface area (Å²) in [6.45, 7) is 5.15. The summed E-state index contributed by atoms with van der Waals surface area (Å²) in [6.07, 6.45) is 8.50. The number of aromatic nitrogens is 3. The van der Waals surface area contributed by atoms with Crippen LogP contribution in [0.15, 0.2) is 9.95 Å². The molecule has 0 bridgehead atoms. The van der Waals surface area contributed by atoms with E-state index in [1.54, 1.807) is 11.3 Å². The first-order valence-electron chi connectivity index (χ1n) is 11.8. The number of nitrogens with zero attached hydrogens (tertiary/aromatic N) is 2. The smallest absolute Gasteiger partial charge is 0.263 e. The maximum atomic E-state index is 13.7. The molecule has 3 aromatic heterocycles. The molecule has 3 aromatic rings. The van der Waals surface area contributed by atoms with Gasteiger partial charge in [0, 0.05) is 22.2 Å². The highest BCUT2D eigenvalue weighted by molar-refractivity contribution is 7.99. The first-order valence-corrected chi connectivity index (χ1v) is 13.6. The Bertz CT molecular complexity index is 1330. The Morgan fingerprint density at radius 1 is 1.15 bits per heavy atom. The summed E-state index contributed by atoms with van der Waals surface area (Å²) in [6, 6.07) is 0.157. The number of fused-ring (bicyclic) bond motifs is 3. The van der Waals surface area contributed by atoms with E-state index in [0.717, 1.165) is 60.9 Å². The minimum atomic E-state index is -0.0779. The number of carbonyl (C=O) groups excluding carboxylic acids is 2. The normalized spacial score (nSPS) is 16.5. The number of ketones is 2. The maximum Gasteiger partial charge on any atom is 0.263 e. The van der Waals surface area contributed by atoms with Gasteiger partial charge in [0.05, 0.1) is 16.8 Å². The van der Waals surface area contributed by atoms with Crippen molar-refractivity contribution in [1.82, 2.24) is 14.5 Å². The summed E-state index contributed by atoms with van der Waals surface area (Å²) in [4.78, 5) is 49.0. The number of thiophene rings is 1. The zero-order valence-electron chi connectivity index (χ0n) is 19.4. The standard InChI is InChI=1S/C25H29N3O3S2/c1-13-20(15(3)29)14(2)26-22(13)18(30)12-32-25-27-23-21(17-10-6-7-11-19(17)33-23)24(31)28(25)16-8-4-5-9-16/h16,26H,4-12H2,1-3H3. The lowest BCUT2D eigenvalue weighted by Gasteiger charge is -2.18. The minimum absolute atomic E-state index is 0.0446. The Hall–Kier alpha value is -2.19. The van der Waals surface area contributed by atoms with Gasteiger partial charge in [0.1, 0.15) is 4.83 Å². The van der Waals surface area contributed by atoms with E-state index in [4.69, 9.17) is 4.98 Å². The van der Waals surface area contributed by atoms with Crippen molar-refractivity contribution < 1.29 is 9.59 Å². The number of hydrogen-bond acceptors (Lipinski definition) is 6. The molecule has 0 unspecified atom stereocenters. The molecule has 1 fully saturated rings. The number of nitrogens with one attached hydrogen (secondary N) is 1. The van der Waals surface area contributed by atoms with Crippen molar-refractivity contribution in [3.63, 3.8) is 0 Å². The van der Waals surface area contributed by atoms with Crippen molar-refractivity contribution >= 4 is 44.9 Å². The van der Waals surface area contributed by atoms with Crippen molar-refractivity contribution in [3.05, 3.63) is 43.3 Å². The third-order valence-corrected chi connectivity index (χ3v) is 9.22. The lowest BCUT2D eigenvalue weighted by molar-refractivity contribution is 0.101. The van der Waals surface area contributed by atoms with E-state index >= 15 is 0 Å². The van der Waals surface area contributed by atoms with Gasteiger partial charge in [-0.2, -0.15) is 0 Å². The number of Topliss-reactive ketones (excluding diaryl/α,β-unsaturated/α-hetero) is 2. The van der Waals surface area contributed by atoms with Crippen LogP contribution in [0, 0.1) is 13.8 Å². The van der Waals surface area contributed by atoms with E-state index in [2.05, 4.69) is 4.98 Å². The summed E-state index contributed by atoms with van der Waals surface area (Å²) in [5.74, 6) is 0.0520. The van der Waals surface area contributed by atoms with Gasteiger partial charge in [-0.05, 0) is 70.4 Å². The Kier molecular flexibility index (Phi) is 6.07. The van der Waals surface area contributed by atoms with E-state index in [-0.39, 0.29) is 28.9 Å². The van der Waals surface area contributed by atoms with Crippen LogP contribution in [0.4, 0.5) is 0 Å². The van der Waals surface area contributed by atoms with Crippen LogP contribution in [0.3, 0.4) is 0 Å². The SMILES string of the molecule is CC(=O)c1c(C)[nH]c(C(=O)CSc2nc3sc4c(c3c(=O)n2C2CCCC2)CCCC4)c1C. The van der Waals surface area contributed by atoms with Crippen LogP contribution in [0.1, 0.15) is 94.0 Å². The number of hydrogen-bond donors (Lipinski definition) is 1. The molecule has 0 aromatic carbocycles. The molecule has 6 nitrogen and oxygen atoms in total. The Morgan fingerprint density at radius 3 is 2.58 bits per heavy atom. The molecule has 2 aliphatic carbocycles. The molecule has 0 spiro atoms. The molecule has 0 atom stereocenters. The van der Waals surface area contributed by atoms with Crippen LogP contribution in [0.2, 0.25) is 0 Å². The van der Waals surface area contributed by atoms with Crippen molar-refractivity contribution in [3.8, 4) is 0 Å². The third-order valence-electron chi connectivity index (χ3n) is 7.08. The van der Waals surface area contributed by atoms with Crippen molar-refractivity contribution in [1.29, 1.82) is 0 Å². The fourth-order valence-electron chi connectivity index (χ4n) is 5.54. The van der Waals surface area contributed by atoms with Gasteiger partial charge in [0.25, 0.3) is 5.56 Å². The van der Waals surface area contributed by atoms with Gasteiger partial charge < -0.3 is 4.98 Å². The van der Waals surface area contributed by atoms with Crippen LogP contribution in [0.5, 0.6) is 0 Å². The average Bonchev–Trinajstić information content (AvgIpc) is 3.49. The largest absolute Gasteiger partial charge is 0.355 e. The first kappa shape index (κ1) is 22.6. The summed E-state index contributed by atoms with van der Waals surface area (Å²) >= 11 is 3.00. The van der Waals surface area contributed by atoms with Crippen molar-refractivity contribution in [2.24, 2.45) is 0 Å². The molecule has 1 saturated carbocycles. The minimum Gasteiger partial charge on any atom is -0.355 e. The second-order valence-electron chi connectivity index (χ2n) is 9.29. The highest BCUT2D eigenvalue weighted by Crippen LogP contribution is 2.37. The number of H-pyrrole nitrogens is 1. The van der Waals surface area contributed by atoms with E-state index in [9.17, 15) is 14.4 Å². The molecular formula is C25H29N3O3S2. The lowest BCUT2D eigenvalue weighted by atomic mass is 9.97. The number of thioether (sulfide) groups is 1. The fraction of sp³-hybridized carbons (Fsp3) is 0.520. The molecule has 174 valence electrons. The quantitative estimate of drug-likeness (QED) is 0.281. The summed E-state index contributed by atoms with van der Waals surface area (Å²) in [5.41, 5.74) is 3.79. The Morgan fingerprint density at radius 2 is 1.88 bits per heavy atom. The molecule has 33 heavy (non-hydrogen) atoms. The van der Waals surface area contributed by atoms with Crippen LogP contribution in [-0.4, -0.2) is 31.9 Å². The second-order valence-corrected chi connectivity index (χ2v) is 11.3. The van der Waals surface area contributed by atoms with Crippen LogP contribution in [-0.2, 0) is 12.8 Å². The van der Waals surface area contributed by atoms with E-state index in [1.165, 1.54) is 35.5 Å². The van der Waals surface area contributed by atoms with Crippen LogP contribution in [0.25, 0.3) is 10.2 Å². The molecule has 0 amide bonds. The van der Waals surface area contributed by atoms with E-state index in [0.29, 0.717) is 22.0 Å². The Labute approximate surface area is 201 Å². The highest BCUT2D eigenvalue weighted by Gasteiger charge is 2.28. The summed E-state index contributed by atoms with van der Waals surface area (Å²) < 4.78 is 1.89. The molecule has 0 aliphatic heterocycles. The molecule has 1 N–H and O–H groups in total. The number of rotatable bonds is 6. The predicted molar refractivity (Wildman–Crippen MR) is 133 cm³/mol. The number of aryl methyl sites for hydroxylation is 3. The fourth-order valence-corrected chi connectivity index (χ4v) is 7.79.